The Morgan fingerprint density at radius 1 is 1.45 bits per heavy atom. The molecule has 22 heavy (non-hydrogen) atoms. The van der Waals surface area contributed by atoms with Crippen LogP contribution in [0.4, 0.5) is 8.78 Å². The molecule has 120 valence electrons. The monoisotopic (exact) mass is 329 g/mol. The van der Waals surface area contributed by atoms with E-state index in [1.165, 1.54) is 15.9 Å². The largest absolute Gasteiger partial charge is 0.441 e. The van der Waals surface area contributed by atoms with Crippen molar-refractivity contribution >= 4 is 11.3 Å². The van der Waals surface area contributed by atoms with E-state index in [2.05, 4.69) is 10.1 Å². The third-order valence-electron chi connectivity index (χ3n) is 4.20. The molecule has 0 radical (unpaired) electrons. The van der Waals surface area contributed by atoms with Crippen molar-refractivity contribution in [3.63, 3.8) is 0 Å². The summed E-state index contributed by atoms with van der Waals surface area (Å²) in [5, 5.41) is 3.83. The zero-order valence-electron chi connectivity index (χ0n) is 12.2. The molecule has 0 bridgehead atoms. The summed E-state index contributed by atoms with van der Waals surface area (Å²) in [6, 6.07) is 0. The van der Waals surface area contributed by atoms with Crippen molar-refractivity contribution in [3.05, 3.63) is 32.5 Å². The van der Waals surface area contributed by atoms with Crippen molar-refractivity contribution < 1.29 is 13.3 Å². The van der Waals surface area contributed by atoms with Gasteiger partial charge in [-0.15, -0.1) is 11.3 Å². The molecule has 2 aromatic rings. The van der Waals surface area contributed by atoms with E-state index in [9.17, 15) is 13.6 Å². The normalized spacial score (nSPS) is 18.7. The highest BCUT2D eigenvalue weighted by molar-refractivity contribution is 7.09. The lowest BCUT2D eigenvalue weighted by molar-refractivity contribution is -0.0475. The van der Waals surface area contributed by atoms with Crippen LogP contribution in [0.3, 0.4) is 0 Å². The summed E-state index contributed by atoms with van der Waals surface area (Å²) >= 11 is 1.50. The maximum absolute atomic E-state index is 13.2. The highest BCUT2D eigenvalue weighted by Crippen LogP contribution is 2.36. The average Bonchev–Trinajstić information content (AvgIpc) is 3.02. The van der Waals surface area contributed by atoms with E-state index >= 15 is 0 Å². The summed E-state index contributed by atoms with van der Waals surface area (Å²) in [5.74, 6) is -2.47. The fraction of sp³-hybridized carbons (Fsp3) is 0.643. The van der Waals surface area contributed by atoms with Gasteiger partial charge in [0.05, 0.1) is 11.2 Å². The van der Waals surface area contributed by atoms with Gasteiger partial charge in [0.2, 0.25) is 5.92 Å². The Bertz CT molecular complexity index is 697. The lowest BCUT2D eigenvalue weighted by Gasteiger charge is -2.28. The Balaban J connectivity index is 1.73. The number of aryl methyl sites for hydroxylation is 1. The Hall–Kier alpha value is -1.57. The average molecular weight is 329 g/mol. The van der Waals surface area contributed by atoms with Crippen LogP contribution in [0.1, 0.15) is 42.1 Å². The summed E-state index contributed by atoms with van der Waals surface area (Å²) in [6.07, 6.45) is 1.10. The fourth-order valence-electron chi connectivity index (χ4n) is 2.78. The highest BCUT2D eigenvalue weighted by atomic mass is 32.1. The highest BCUT2D eigenvalue weighted by Gasteiger charge is 2.35. The molecule has 0 aromatic carbocycles. The first-order valence-corrected chi connectivity index (χ1v) is 8.15. The zero-order valence-corrected chi connectivity index (χ0v) is 13.0. The quantitative estimate of drug-likeness (QED) is 0.865. The lowest BCUT2D eigenvalue weighted by atomic mass is 9.87. The molecule has 0 unspecified atom stereocenters. The van der Waals surface area contributed by atoms with E-state index < -0.39 is 11.7 Å². The maximum Gasteiger partial charge on any atom is 0.441 e. The Morgan fingerprint density at radius 2 is 2.18 bits per heavy atom. The van der Waals surface area contributed by atoms with Gasteiger partial charge in [-0.1, -0.05) is 5.16 Å². The van der Waals surface area contributed by atoms with Crippen molar-refractivity contribution in [3.8, 4) is 0 Å². The smallest absolute Gasteiger partial charge is 0.296 e. The van der Waals surface area contributed by atoms with Gasteiger partial charge in [-0.3, -0.25) is 9.09 Å². The van der Waals surface area contributed by atoms with Gasteiger partial charge in [-0.25, -0.2) is 18.6 Å². The summed E-state index contributed by atoms with van der Waals surface area (Å²) in [7, 11) is 0. The van der Waals surface area contributed by atoms with Crippen molar-refractivity contribution in [2.24, 2.45) is 5.92 Å². The van der Waals surface area contributed by atoms with E-state index in [0.29, 0.717) is 31.6 Å². The first kappa shape index (κ1) is 15.3. The molecule has 1 fully saturated rings. The summed E-state index contributed by atoms with van der Waals surface area (Å²) in [5.41, 5.74) is 2.65. The van der Waals surface area contributed by atoms with E-state index in [1.54, 1.807) is 5.51 Å². The Labute approximate surface area is 130 Å². The van der Waals surface area contributed by atoms with Crippen LogP contribution in [-0.4, -0.2) is 20.6 Å². The zero-order chi connectivity index (χ0) is 15.7. The molecule has 0 amide bonds. The second-order valence-corrected chi connectivity index (χ2v) is 6.75. The van der Waals surface area contributed by atoms with Crippen molar-refractivity contribution in [2.75, 3.05) is 0 Å². The predicted octanol–water partition coefficient (Wildman–Crippen LogP) is 3.02. The molecule has 2 aromatic heterocycles. The van der Waals surface area contributed by atoms with Crippen molar-refractivity contribution in [1.82, 2.24) is 14.7 Å². The van der Waals surface area contributed by atoms with Gasteiger partial charge in [0.1, 0.15) is 0 Å². The molecular weight excluding hydrogens is 312 g/mol. The number of thiazole rings is 1. The van der Waals surface area contributed by atoms with Gasteiger partial charge >= 0.3 is 5.76 Å². The minimum absolute atomic E-state index is 0.0676. The Morgan fingerprint density at radius 3 is 2.82 bits per heavy atom. The number of halogens is 2. The van der Waals surface area contributed by atoms with Crippen molar-refractivity contribution in [2.45, 2.75) is 51.5 Å². The van der Waals surface area contributed by atoms with Crippen LogP contribution in [0.5, 0.6) is 0 Å². The predicted molar refractivity (Wildman–Crippen MR) is 77.3 cm³/mol. The summed E-state index contributed by atoms with van der Waals surface area (Å²) in [4.78, 5) is 17.0. The fourth-order valence-corrected chi connectivity index (χ4v) is 3.56. The maximum atomic E-state index is 13.2. The molecular formula is C14H17F2N3O2S. The number of hydrogen-bond acceptors (Lipinski definition) is 5. The van der Waals surface area contributed by atoms with Crippen LogP contribution in [0.15, 0.2) is 14.8 Å². The molecule has 0 N–H and O–H groups in total. The topological polar surface area (TPSA) is 60.9 Å². The van der Waals surface area contributed by atoms with Crippen LogP contribution in [0.25, 0.3) is 0 Å². The number of hydrogen-bond donors (Lipinski definition) is 0. The third kappa shape index (κ3) is 3.26. The minimum atomic E-state index is -2.56. The molecule has 0 atom stereocenters. The molecule has 2 heterocycles. The Kier molecular flexibility index (Phi) is 4.12. The SMILES string of the molecule is Cc1ncsc1Cc1noc(=O)n1CC1CCC(F)(F)CC1. The molecule has 0 saturated heterocycles. The summed E-state index contributed by atoms with van der Waals surface area (Å²) < 4.78 is 32.7. The molecule has 0 aliphatic heterocycles. The molecule has 5 nitrogen and oxygen atoms in total. The van der Waals surface area contributed by atoms with Crippen LogP contribution in [0.2, 0.25) is 0 Å². The van der Waals surface area contributed by atoms with Gasteiger partial charge in [-0.05, 0) is 25.7 Å². The van der Waals surface area contributed by atoms with Crippen LogP contribution in [0, 0.1) is 12.8 Å². The molecule has 8 heteroatoms. The lowest BCUT2D eigenvalue weighted by Crippen LogP contribution is -2.29. The molecule has 1 aliphatic carbocycles. The second kappa shape index (κ2) is 5.91. The van der Waals surface area contributed by atoms with Crippen LogP contribution in [-0.2, 0) is 13.0 Å². The standard InChI is InChI=1S/C14H17F2N3O2S/c1-9-11(22-8-17-9)6-12-18-21-13(20)19(12)7-10-2-4-14(15,16)5-3-10/h8,10H,2-7H2,1H3. The van der Waals surface area contributed by atoms with Crippen molar-refractivity contribution in [1.29, 1.82) is 0 Å². The van der Waals surface area contributed by atoms with Gasteiger partial charge in [0, 0.05) is 30.7 Å². The van der Waals surface area contributed by atoms with Gasteiger partial charge in [0.25, 0.3) is 0 Å². The molecule has 1 aliphatic rings. The van der Waals surface area contributed by atoms with E-state index in [4.69, 9.17) is 4.52 Å². The van der Waals surface area contributed by atoms with Gasteiger partial charge in [-0.2, -0.15) is 0 Å². The summed E-state index contributed by atoms with van der Waals surface area (Å²) in [6.45, 7) is 2.29. The van der Waals surface area contributed by atoms with Gasteiger partial charge < -0.3 is 0 Å². The number of alkyl halides is 2. The number of aromatic nitrogens is 3. The van der Waals surface area contributed by atoms with Gasteiger partial charge in [0.15, 0.2) is 5.82 Å². The molecule has 0 spiro atoms. The van der Waals surface area contributed by atoms with E-state index in [0.717, 1.165) is 10.6 Å². The van der Waals surface area contributed by atoms with E-state index in [1.807, 2.05) is 6.92 Å². The third-order valence-corrected chi connectivity index (χ3v) is 5.14. The minimum Gasteiger partial charge on any atom is -0.296 e. The first-order valence-electron chi connectivity index (χ1n) is 7.27. The second-order valence-electron chi connectivity index (χ2n) is 5.81. The molecule has 1 saturated carbocycles. The number of rotatable bonds is 4. The first-order chi connectivity index (χ1) is 10.4. The van der Waals surface area contributed by atoms with Crippen LogP contribution >= 0.6 is 11.3 Å². The molecule has 3 rings (SSSR count). The van der Waals surface area contributed by atoms with Crippen LogP contribution < -0.4 is 5.76 Å². The van der Waals surface area contributed by atoms with E-state index in [-0.39, 0.29) is 18.8 Å². The number of nitrogens with zero attached hydrogens (tertiary/aromatic N) is 3.